The van der Waals surface area contributed by atoms with E-state index >= 15 is 0 Å². The Labute approximate surface area is 148 Å². The maximum atomic E-state index is 12.9. The van der Waals surface area contributed by atoms with Crippen LogP contribution in [-0.2, 0) is 10.3 Å². The van der Waals surface area contributed by atoms with E-state index in [9.17, 15) is 14.4 Å². The van der Waals surface area contributed by atoms with Crippen LogP contribution in [0.2, 0.25) is 4.34 Å². The van der Waals surface area contributed by atoms with Crippen LogP contribution in [-0.4, -0.2) is 29.2 Å². The molecule has 1 aromatic heterocycles. The van der Waals surface area contributed by atoms with Crippen LogP contribution in [0.4, 0.5) is 4.79 Å². The summed E-state index contributed by atoms with van der Waals surface area (Å²) in [5.41, 5.74) is -0.411. The highest BCUT2D eigenvalue weighted by Crippen LogP contribution is 2.32. The third-order valence-electron chi connectivity index (χ3n) is 4.12. The zero-order valence-electron chi connectivity index (χ0n) is 12.9. The molecular formula is C17H15ClN2O3S. The molecule has 1 saturated heterocycles. The second-order valence-electron chi connectivity index (χ2n) is 5.47. The van der Waals surface area contributed by atoms with Crippen LogP contribution < -0.4 is 5.32 Å². The molecule has 0 aliphatic carbocycles. The van der Waals surface area contributed by atoms with Gasteiger partial charge in [-0.2, -0.15) is 0 Å². The van der Waals surface area contributed by atoms with Crippen molar-refractivity contribution < 1.29 is 14.4 Å². The molecule has 0 radical (unpaired) electrons. The van der Waals surface area contributed by atoms with Crippen molar-refractivity contribution in [2.24, 2.45) is 0 Å². The van der Waals surface area contributed by atoms with Gasteiger partial charge in [-0.1, -0.05) is 48.9 Å². The molecule has 1 atom stereocenters. The molecule has 0 unspecified atom stereocenters. The van der Waals surface area contributed by atoms with Gasteiger partial charge in [0.15, 0.2) is 5.78 Å². The number of carbonyl (C=O) groups excluding carboxylic acids is 3. The van der Waals surface area contributed by atoms with Crippen molar-refractivity contribution in [3.63, 3.8) is 0 Å². The van der Waals surface area contributed by atoms with Gasteiger partial charge in [0.2, 0.25) is 0 Å². The Kier molecular flexibility index (Phi) is 4.43. The molecule has 0 spiro atoms. The first-order valence-corrected chi connectivity index (χ1v) is 8.65. The minimum Gasteiger partial charge on any atom is -0.319 e. The first kappa shape index (κ1) is 16.7. The van der Waals surface area contributed by atoms with E-state index in [0.717, 1.165) is 16.2 Å². The van der Waals surface area contributed by atoms with E-state index in [1.54, 1.807) is 24.3 Å². The smallest absolute Gasteiger partial charge is 0.319 e. The number of thiophene rings is 1. The molecule has 7 heteroatoms. The summed E-state index contributed by atoms with van der Waals surface area (Å²) >= 11 is 6.96. The summed E-state index contributed by atoms with van der Waals surface area (Å²) in [4.78, 5) is 39.0. The second-order valence-corrected chi connectivity index (χ2v) is 7.19. The van der Waals surface area contributed by atoms with Gasteiger partial charge < -0.3 is 5.32 Å². The van der Waals surface area contributed by atoms with E-state index in [-0.39, 0.29) is 12.3 Å². The highest BCUT2D eigenvalue weighted by Gasteiger charge is 2.51. The maximum Gasteiger partial charge on any atom is 0.325 e. The van der Waals surface area contributed by atoms with Crippen molar-refractivity contribution in [1.29, 1.82) is 0 Å². The molecule has 3 amide bonds. The Balaban J connectivity index is 1.87. The van der Waals surface area contributed by atoms with E-state index in [4.69, 9.17) is 11.6 Å². The molecule has 2 heterocycles. The Morgan fingerprint density at radius 3 is 2.50 bits per heavy atom. The number of ketones is 1. The zero-order chi connectivity index (χ0) is 17.3. The first-order chi connectivity index (χ1) is 11.5. The largest absolute Gasteiger partial charge is 0.325 e. The van der Waals surface area contributed by atoms with Crippen LogP contribution >= 0.6 is 22.9 Å². The van der Waals surface area contributed by atoms with Gasteiger partial charge in [-0.05, 0) is 24.1 Å². The number of rotatable bonds is 5. The molecule has 0 saturated carbocycles. The Hall–Kier alpha value is -2.18. The van der Waals surface area contributed by atoms with E-state index in [0.29, 0.717) is 21.2 Å². The number of hydrogen-bond acceptors (Lipinski definition) is 4. The maximum absolute atomic E-state index is 12.9. The monoisotopic (exact) mass is 362 g/mol. The molecule has 124 valence electrons. The molecule has 5 nitrogen and oxygen atoms in total. The summed E-state index contributed by atoms with van der Waals surface area (Å²) in [5, 5.41) is 2.76. The number of hydrogen-bond donors (Lipinski definition) is 1. The number of imide groups is 1. The first-order valence-electron chi connectivity index (χ1n) is 7.46. The minimum absolute atomic E-state index is 0.296. The molecule has 24 heavy (non-hydrogen) atoms. The van der Waals surface area contributed by atoms with Gasteiger partial charge in [-0.25, -0.2) is 4.79 Å². The minimum atomic E-state index is -1.12. The standard InChI is InChI=1S/C17H15ClN2O3S/c1-2-17(11-6-4-3-5-7-11)15(22)20(16(23)19-17)10-12(21)13-8-9-14(18)24-13/h3-9H,2,10H2,1H3,(H,19,23)/t17-/m0/s1. The lowest BCUT2D eigenvalue weighted by Gasteiger charge is -2.25. The Morgan fingerprint density at radius 1 is 1.21 bits per heavy atom. The SMILES string of the molecule is CC[C@@]1(c2ccccc2)NC(=O)N(CC(=O)c2ccc(Cl)s2)C1=O. The average molecular weight is 363 g/mol. The quantitative estimate of drug-likeness (QED) is 0.654. The Bertz CT molecular complexity index is 805. The molecule has 1 aliphatic rings. The van der Waals surface area contributed by atoms with Crippen LogP contribution in [0, 0.1) is 0 Å². The fourth-order valence-corrected chi connectivity index (χ4v) is 3.79. The van der Waals surface area contributed by atoms with Crippen molar-refractivity contribution in [3.8, 4) is 0 Å². The third kappa shape index (κ3) is 2.72. The molecule has 0 bridgehead atoms. The zero-order valence-corrected chi connectivity index (χ0v) is 14.5. The summed E-state index contributed by atoms with van der Waals surface area (Å²) in [5.74, 6) is -0.715. The molecule has 3 rings (SSSR count). The van der Waals surface area contributed by atoms with Crippen LogP contribution in [0.3, 0.4) is 0 Å². The van der Waals surface area contributed by atoms with Gasteiger partial charge >= 0.3 is 6.03 Å². The molecule has 1 aromatic carbocycles. The lowest BCUT2D eigenvalue weighted by Crippen LogP contribution is -2.43. The Morgan fingerprint density at radius 2 is 1.92 bits per heavy atom. The van der Waals surface area contributed by atoms with Gasteiger partial charge in [0.25, 0.3) is 5.91 Å². The van der Waals surface area contributed by atoms with Gasteiger partial charge in [0.1, 0.15) is 5.54 Å². The van der Waals surface area contributed by atoms with Gasteiger partial charge in [0.05, 0.1) is 15.8 Å². The van der Waals surface area contributed by atoms with Gasteiger partial charge in [0, 0.05) is 0 Å². The third-order valence-corrected chi connectivity index (χ3v) is 5.39. The fraction of sp³-hybridized carbons (Fsp3) is 0.235. The molecule has 1 aliphatic heterocycles. The number of carbonyl (C=O) groups is 3. The van der Waals surface area contributed by atoms with E-state index < -0.39 is 17.5 Å². The topological polar surface area (TPSA) is 66.5 Å². The van der Waals surface area contributed by atoms with Crippen molar-refractivity contribution in [2.45, 2.75) is 18.9 Å². The van der Waals surface area contributed by atoms with E-state index in [1.165, 1.54) is 0 Å². The predicted molar refractivity (Wildman–Crippen MR) is 92.3 cm³/mol. The number of urea groups is 1. The van der Waals surface area contributed by atoms with E-state index in [1.807, 2.05) is 25.1 Å². The summed E-state index contributed by atoms with van der Waals surface area (Å²) in [6.45, 7) is 1.53. The number of halogens is 1. The fourth-order valence-electron chi connectivity index (χ4n) is 2.82. The van der Waals surface area contributed by atoms with Crippen LogP contribution in [0.15, 0.2) is 42.5 Å². The normalized spacial score (nSPS) is 20.3. The van der Waals surface area contributed by atoms with Crippen molar-refractivity contribution >= 4 is 40.7 Å². The lowest BCUT2D eigenvalue weighted by atomic mass is 9.87. The summed E-state index contributed by atoms with van der Waals surface area (Å²) in [6, 6.07) is 11.7. The summed E-state index contributed by atoms with van der Waals surface area (Å²) in [6.07, 6.45) is 0.400. The summed E-state index contributed by atoms with van der Waals surface area (Å²) < 4.78 is 0.489. The van der Waals surface area contributed by atoms with Crippen LogP contribution in [0.1, 0.15) is 28.6 Å². The van der Waals surface area contributed by atoms with Gasteiger partial charge in [-0.15, -0.1) is 11.3 Å². The number of Topliss-reactive ketones (excluding diaryl/α,β-unsaturated/α-hetero) is 1. The molecule has 1 fully saturated rings. The highest BCUT2D eigenvalue weighted by atomic mass is 35.5. The van der Waals surface area contributed by atoms with Crippen molar-refractivity contribution in [2.75, 3.05) is 6.54 Å². The average Bonchev–Trinajstić information content (AvgIpc) is 3.13. The second kappa shape index (κ2) is 6.37. The number of amides is 3. The molecule has 2 aromatic rings. The molecule has 1 N–H and O–H groups in total. The van der Waals surface area contributed by atoms with Crippen LogP contribution in [0.25, 0.3) is 0 Å². The molecular weight excluding hydrogens is 348 g/mol. The highest BCUT2D eigenvalue weighted by molar-refractivity contribution is 7.18. The van der Waals surface area contributed by atoms with Crippen LogP contribution in [0.5, 0.6) is 0 Å². The predicted octanol–water partition coefficient (Wildman–Crippen LogP) is 3.44. The number of benzene rings is 1. The number of nitrogens with zero attached hydrogens (tertiary/aromatic N) is 1. The summed E-state index contributed by atoms with van der Waals surface area (Å²) in [7, 11) is 0. The van der Waals surface area contributed by atoms with Crippen molar-refractivity contribution in [1.82, 2.24) is 10.2 Å². The lowest BCUT2D eigenvalue weighted by molar-refractivity contribution is -0.131. The van der Waals surface area contributed by atoms with E-state index in [2.05, 4.69) is 5.32 Å². The van der Waals surface area contributed by atoms with Gasteiger partial charge in [-0.3, -0.25) is 14.5 Å². The number of nitrogens with one attached hydrogen (secondary N) is 1. The van der Waals surface area contributed by atoms with Crippen molar-refractivity contribution in [3.05, 3.63) is 57.2 Å².